The second-order valence-corrected chi connectivity index (χ2v) is 7.43. The highest BCUT2D eigenvalue weighted by Crippen LogP contribution is 2.32. The summed E-state index contributed by atoms with van der Waals surface area (Å²) in [6, 6.07) is 23.9. The number of hydrogen-bond acceptors (Lipinski definition) is 3. The Bertz CT molecular complexity index is 947. The fourth-order valence-corrected chi connectivity index (χ4v) is 4.06. The molecule has 3 rings (SSSR count). The fraction of sp³-hybridized carbons (Fsp3) is 0.0500. The van der Waals surface area contributed by atoms with E-state index < -0.39 is 10.0 Å². The topological polar surface area (TPSA) is 66.5 Å². The lowest BCUT2D eigenvalue weighted by atomic mass is 10.3. The lowest BCUT2D eigenvalue weighted by Crippen LogP contribution is -2.26. The molecule has 0 bridgehead atoms. The van der Waals surface area contributed by atoms with Gasteiger partial charge in [0, 0.05) is 12.6 Å². The minimum absolute atomic E-state index is 0.138. The van der Waals surface area contributed by atoms with Crippen molar-refractivity contribution in [3.8, 4) is 0 Å². The van der Waals surface area contributed by atoms with E-state index in [2.05, 4.69) is 5.32 Å². The highest BCUT2D eigenvalue weighted by Gasteiger charge is 2.26. The molecule has 3 aromatic rings. The van der Waals surface area contributed by atoms with Crippen LogP contribution in [0.1, 0.15) is 6.92 Å². The molecule has 0 radical (unpaired) electrons. The molecular weight excluding hydrogens is 348 g/mol. The standard InChI is InChI=1S/C20H18N2O3S/c1-16(23)21-17-12-14-20(15-13-17)26(24,25)22(18-8-4-2-5-9-18)19-10-6-3-7-11-19/h2-15H,1H3,(H,21,23). The molecule has 0 spiro atoms. The van der Waals surface area contributed by atoms with E-state index in [-0.39, 0.29) is 10.8 Å². The molecule has 132 valence electrons. The van der Waals surface area contributed by atoms with Crippen molar-refractivity contribution in [2.45, 2.75) is 11.8 Å². The quantitative estimate of drug-likeness (QED) is 0.737. The maximum absolute atomic E-state index is 13.3. The largest absolute Gasteiger partial charge is 0.326 e. The number of nitrogens with zero attached hydrogens (tertiary/aromatic N) is 1. The lowest BCUT2D eigenvalue weighted by Gasteiger charge is -2.24. The summed E-state index contributed by atoms with van der Waals surface area (Å²) >= 11 is 0. The van der Waals surface area contributed by atoms with Crippen LogP contribution in [0.5, 0.6) is 0 Å². The van der Waals surface area contributed by atoms with Crippen LogP contribution < -0.4 is 9.62 Å². The molecule has 0 fully saturated rings. The number of para-hydroxylation sites is 2. The Kier molecular flexibility index (Phi) is 5.04. The predicted molar refractivity (Wildman–Crippen MR) is 103 cm³/mol. The number of hydrogen-bond donors (Lipinski definition) is 1. The zero-order valence-electron chi connectivity index (χ0n) is 14.2. The fourth-order valence-electron chi connectivity index (χ4n) is 2.57. The Hall–Kier alpha value is -3.12. The molecule has 5 nitrogen and oxygen atoms in total. The van der Waals surface area contributed by atoms with Crippen molar-refractivity contribution >= 4 is 33.0 Å². The minimum atomic E-state index is -3.83. The minimum Gasteiger partial charge on any atom is -0.326 e. The van der Waals surface area contributed by atoms with Crippen LogP contribution in [-0.4, -0.2) is 14.3 Å². The number of sulfonamides is 1. The van der Waals surface area contributed by atoms with Crippen LogP contribution in [0.2, 0.25) is 0 Å². The first kappa shape index (κ1) is 17.7. The number of amides is 1. The molecule has 1 amide bonds. The van der Waals surface area contributed by atoms with Gasteiger partial charge in [-0.3, -0.25) is 4.79 Å². The van der Waals surface area contributed by atoms with Gasteiger partial charge in [0.05, 0.1) is 16.3 Å². The molecular formula is C20H18N2O3S. The van der Waals surface area contributed by atoms with Gasteiger partial charge < -0.3 is 5.32 Å². The van der Waals surface area contributed by atoms with Crippen LogP contribution in [0.3, 0.4) is 0 Å². The van der Waals surface area contributed by atoms with Crippen molar-refractivity contribution in [2.24, 2.45) is 0 Å². The van der Waals surface area contributed by atoms with Gasteiger partial charge in [0.1, 0.15) is 0 Å². The zero-order chi connectivity index (χ0) is 18.6. The van der Waals surface area contributed by atoms with E-state index in [1.54, 1.807) is 60.7 Å². The van der Waals surface area contributed by atoms with Crippen LogP contribution >= 0.6 is 0 Å². The van der Waals surface area contributed by atoms with Gasteiger partial charge in [0.2, 0.25) is 5.91 Å². The number of carbonyl (C=O) groups is 1. The summed E-state index contributed by atoms with van der Waals surface area (Å²) in [6.45, 7) is 1.40. The molecule has 1 N–H and O–H groups in total. The molecule has 0 saturated carbocycles. The molecule has 0 aromatic heterocycles. The van der Waals surface area contributed by atoms with E-state index in [9.17, 15) is 13.2 Å². The third-order valence-electron chi connectivity index (χ3n) is 3.69. The summed E-state index contributed by atoms with van der Waals surface area (Å²) < 4.78 is 27.9. The van der Waals surface area contributed by atoms with Gasteiger partial charge >= 0.3 is 0 Å². The maximum atomic E-state index is 13.3. The van der Waals surface area contributed by atoms with Crippen molar-refractivity contribution in [1.29, 1.82) is 0 Å². The van der Waals surface area contributed by atoms with E-state index in [0.717, 1.165) is 0 Å². The first-order valence-corrected chi connectivity index (χ1v) is 9.45. The molecule has 0 atom stereocenters. The van der Waals surface area contributed by atoms with Crippen molar-refractivity contribution in [3.05, 3.63) is 84.9 Å². The van der Waals surface area contributed by atoms with Crippen molar-refractivity contribution < 1.29 is 13.2 Å². The van der Waals surface area contributed by atoms with Gasteiger partial charge in [-0.1, -0.05) is 36.4 Å². The Morgan fingerprint density at radius 2 is 1.23 bits per heavy atom. The number of anilines is 3. The molecule has 0 heterocycles. The second kappa shape index (κ2) is 7.41. The molecule has 3 aromatic carbocycles. The summed E-state index contributed by atoms with van der Waals surface area (Å²) in [5.41, 5.74) is 1.64. The molecule has 0 unspecified atom stereocenters. The monoisotopic (exact) mass is 366 g/mol. The van der Waals surface area contributed by atoms with Crippen molar-refractivity contribution in [3.63, 3.8) is 0 Å². The zero-order valence-corrected chi connectivity index (χ0v) is 15.0. The number of nitrogens with one attached hydrogen (secondary N) is 1. The number of carbonyl (C=O) groups excluding carboxylic acids is 1. The van der Waals surface area contributed by atoms with Crippen LogP contribution in [0.4, 0.5) is 17.1 Å². The highest BCUT2D eigenvalue weighted by atomic mass is 32.2. The Morgan fingerprint density at radius 1 is 0.769 bits per heavy atom. The summed E-state index contributed by atoms with van der Waals surface area (Å²) in [5, 5.41) is 2.63. The molecule has 0 saturated heterocycles. The van der Waals surface area contributed by atoms with Crippen LogP contribution in [0, 0.1) is 0 Å². The van der Waals surface area contributed by atoms with E-state index in [1.807, 2.05) is 12.1 Å². The molecule has 6 heteroatoms. The highest BCUT2D eigenvalue weighted by molar-refractivity contribution is 7.93. The summed E-state index contributed by atoms with van der Waals surface area (Å²) in [7, 11) is -3.83. The third kappa shape index (κ3) is 3.75. The number of benzene rings is 3. The van der Waals surface area contributed by atoms with Gasteiger partial charge in [0.25, 0.3) is 10.0 Å². The van der Waals surface area contributed by atoms with Crippen LogP contribution in [-0.2, 0) is 14.8 Å². The third-order valence-corrected chi connectivity index (χ3v) is 5.46. The normalized spacial score (nSPS) is 11.0. The molecule has 0 aliphatic carbocycles. The lowest BCUT2D eigenvalue weighted by molar-refractivity contribution is -0.114. The molecule has 26 heavy (non-hydrogen) atoms. The smallest absolute Gasteiger partial charge is 0.268 e. The first-order valence-electron chi connectivity index (χ1n) is 8.01. The Balaban J connectivity index is 2.07. The van der Waals surface area contributed by atoms with Crippen LogP contribution in [0.25, 0.3) is 0 Å². The summed E-state index contributed by atoms with van der Waals surface area (Å²) in [4.78, 5) is 11.3. The van der Waals surface area contributed by atoms with E-state index in [0.29, 0.717) is 17.1 Å². The molecule has 0 aliphatic rings. The van der Waals surface area contributed by atoms with Crippen molar-refractivity contribution in [2.75, 3.05) is 9.62 Å². The van der Waals surface area contributed by atoms with Gasteiger partial charge in [-0.15, -0.1) is 0 Å². The van der Waals surface area contributed by atoms with Gasteiger partial charge in [-0.25, -0.2) is 12.7 Å². The van der Waals surface area contributed by atoms with Gasteiger partial charge in [-0.2, -0.15) is 0 Å². The Labute approximate surface area is 153 Å². The maximum Gasteiger partial charge on any atom is 0.268 e. The SMILES string of the molecule is CC(=O)Nc1ccc(S(=O)(=O)N(c2ccccc2)c2ccccc2)cc1. The van der Waals surface area contributed by atoms with Crippen molar-refractivity contribution in [1.82, 2.24) is 0 Å². The van der Waals surface area contributed by atoms with E-state index >= 15 is 0 Å². The first-order chi connectivity index (χ1) is 12.5. The number of rotatable bonds is 5. The summed E-state index contributed by atoms with van der Waals surface area (Å²) in [6.07, 6.45) is 0. The average Bonchev–Trinajstić information content (AvgIpc) is 2.63. The van der Waals surface area contributed by atoms with E-state index in [4.69, 9.17) is 0 Å². The Morgan fingerprint density at radius 3 is 1.65 bits per heavy atom. The van der Waals surface area contributed by atoms with E-state index in [1.165, 1.54) is 23.4 Å². The predicted octanol–water partition coefficient (Wildman–Crippen LogP) is 4.17. The van der Waals surface area contributed by atoms with Gasteiger partial charge in [-0.05, 0) is 48.5 Å². The average molecular weight is 366 g/mol. The molecule has 0 aliphatic heterocycles. The van der Waals surface area contributed by atoms with Crippen LogP contribution in [0.15, 0.2) is 89.8 Å². The summed E-state index contributed by atoms with van der Waals surface area (Å²) in [5.74, 6) is -0.212. The van der Waals surface area contributed by atoms with Gasteiger partial charge in [0.15, 0.2) is 0 Å². The second-order valence-electron chi connectivity index (χ2n) is 5.65.